The van der Waals surface area contributed by atoms with Gasteiger partial charge in [-0.15, -0.1) is 11.8 Å². The lowest BCUT2D eigenvalue weighted by Gasteiger charge is -2.07. The van der Waals surface area contributed by atoms with Gasteiger partial charge < -0.3 is 10.5 Å². The number of nitrogens with two attached hydrogens (primary N) is 1. The first-order chi connectivity index (χ1) is 9.15. The van der Waals surface area contributed by atoms with E-state index in [-0.39, 0.29) is 5.82 Å². The van der Waals surface area contributed by atoms with E-state index in [4.69, 9.17) is 22.1 Å². The van der Waals surface area contributed by atoms with Crippen LogP contribution in [0.5, 0.6) is 5.75 Å². The lowest BCUT2D eigenvalue weighted by Crippen LogP contribution is -2.00. The number of anilines is 1. The molecular formula is C14H13ClFNOS. The van der Waals surface area contributed by atoms with Crippen LogP contribution < -0.4 is 10.5 Å². The molecule has 2 aromatic rings. The van der Waals surface area contributed by atoms with Gasteiger partial charge in [0.15, 0.2) is 0 Å². The zero-order valence-electron chi connectivity index (χ0n) is 10.1. The van der Waals surface area contributed by atoms with E-state index in [9.17, 15) is 4.39 Å². The largest absolute Gasteiger partial charge is 0.493 e. The molecule has 0 amide bonds. The van der Waals surface area contributed by atoms with E-state index in [1.165, 1.54) is 12.1 Å². The van der Waals surface area contributed by atoms with Gasteiger partial charge in [0, 0.05) is 16.3 Å². The normalized spacial score (nSPS) is 10.4. The molecule has 2 rings (SSSR count). The molecule has 0 aliphatic heterocycles. The predicted octanol–water partition coefficient (Wildman–Crippen LogP) is 4.23. The van der Waals surface area contributed by atoms with Gasteiger partial charge in [-0.2, -0.15) is 0 Å². The van der Waals surface area contributed by atoms with Crippen LogP contribution in [-0.4, -0.2) is 12.4 Å². The maximum atomic E-state index is 12.7. The van der Waals surface area contributed by atoms with E-state index >= 15 is 0 Å². The number of hydrogen-bond donors (Lipinski definition) is 1. The van der Waals surface area contributed by atoms with E-state index in [1.807, 2.05) is 12.1 Å². The van der Waals surface area contributed by atoms with Crippen molar-refractivity contribution in [3.63, 3.8) is 0 Å². The standard InChI is InChI=1S/C14H13ClFNOS/c15-13-9-11(17)3-6-14(13)19-8-7-18-12-4-1-10(16)2-5-12/h1-6,9H,7-8,17H2. The fraction of sp³-hybridized carbons (Fsp3) is 0.143. The second-order valence-corrected chi connectivity index (χ2v) is 5.38. The topological polar surface area (TPSA) is 35.2 Å². The molecule has 0 aliphatic carbocycles. The molecule has 0 atom stereocenters. The Balaban J connectivity index is 1.79. The summed E-state index contributed by atoms with van der Waals surface area (Å²) < 4.78 is 18.2. The number of benzene rings is 2. The van der Waals surface area contributed by atoms with Gasteiger partial charge in [0.1, 0.15) is 11.6 Å². The summed E-state index contributed by atoms with van der Waals surface area (Å²) in [5.74, 6) is 1.14. The monoisotopic (exact) mass is 297 g/mol. The predicted molar refractivity (Wildman–Crippen MR) is 78.5 cm³/mol. The second kappa shape index (κ2) is 6.68. The molecule has 2 N–H and O–H groups in total. The van der Waals surface area contributed by atoms with Crippen molar-refractivity contribution in [2.24, 2.45) is 0 Å². The molecule has 100 valence electrons. The van der Waals surface area contributed by atoms with Gasteiger partial charge in [0.05, 0.1) is 11.6 Å². The Morgan fingerprint density at radius 2 is 1.89 bits per heavy atom. The summed E-state index contributed by atoms with van der Waals surface area (Å²) in [7, 11) is 0. The molecular weight excluding hydrogens is 285 g/mol. The van der Waals surface area contributed by atoms with Crippen molar-refractivity contribution in [3.05, 3.63) is 53.3 Å². The molecule has 0 fully saturated rings. The van der Waals surface area contributed by atoms with E-state index in [0.29, 0.717) is 23.1 Å². The summed E-state index contributed by atoms with van der Waals surface area (Å²) in [6, 6.07) is 11.4. The molecule has 0 aliphatic rings. The van der Waals surface area contributed by atoms with Crippen LogP contribution in [0.25, 0.3) is 0 Å². The first kappa shape index (κ1) is 14.0. The van der Waals surface area contributed by atoms with Gasteiger partial charge in [-0.1, -0.05) is 11.6 Å². The number of ether oxygens (including phenoxy) is 1. The zero-order chi connectivity index (χ0) is 13.7. The molecule has 2 aromatic carbocycles. The van der Waals surface area contributed by atoms with Gasteiger partial charge in [0.2, 0.25) is 0 Å². The molecule has 0 saturated heterocycles. The zero-order valence-corrected chi connectivity index (χ0v) is 11.7. The lowest BCUT2D eigenvalue weighted by molar-refractivity contribution is 0.343. The molecule has 0 unspecified atom stereocenters. The summed E-state index contributed by atoms with van der Waals surface area (Å²) in [6.07, 6.45) is 0. The van der Waals surface area contributed by atoms with Gasteiger partial charge in [-0.05, 0) is 42.5 Å². The highest BCUT2D eigenvalue weighted by Crippen LogP contribution is 2.28. The van der Waals surface area contributed by atoms with Gasteiger partial charge in [-0.3, -0.25) is 0 Å². The first-order valence-electron chi connectivity index (χ1n) is 5.71. The van der Waals surface area contributed by atoms with E-state index in [1.54, 1.807) is 30.0 Å². The van der Waals surface area contributed by atoms with Crippen molar-refractivity contribution >= 4 is 29.1 Å². The molecule has 0 saturated carbocycles. The van der Waals surface area contributed by atoms with Crippen LogP contribution in [0.3, 0.4) is 0 Å². The Hall–Kier alpha value is -1.39. The Labute approximate surface area is 120 Å². The van der Waals surface area contributed by atoms with Crippen LogP contribution in [0.15, 0.2) is 47.4 Å². The number of thioether (sulfide) groups is 1. The number of nitrogen functional groups attached to an aromatic ring is 1. The van der Waals surface area contributed by atoms with Crippen molar-refractivity contribution in [2.45, 2.75) is 4.90 Å². The summed E-state index contributed by atoms with van der Waals surface area (Å²) in [5, 5.41) is 0.645. The Kier molecular flexibility index (Phi) is 4.93. The third-order valence-corrected chi connectivity index (χ3v) is 3.84. The number of hydrogen-bond acceptors (Lipinski definition) is 3. The van der Waals surface area contributed by atoms with Gasteiger partial charge >= 0.3 is 0 Å². The van der Waals surface area contributed by atoms with Crippen molar-refractivity contribution in [3.8, 4) is 5.75 Å². The SMILES string of the molecule is Nc1ccc(SCCOc2ccc(F)cc2)c(Cl)c1. The quantitative estimate of drug-likeness (QED) is 0.509. The van der Waals surface area contributed by atoms with Crippen LogP contribution in [0.4, 0.5) is 10.1 Å². The van der Waals surface area contributed by atoms with E-state index < -0.39 is 0 Å². The maximum Gasteiger partial charge on any atom is 0.123 e. The molecule has 2 nitrogen and oxygen atoms in total. The molecule has 0 radical (unpaired) electrons. The molecule has 0 bridgehead atoms. The molecule has 0 heterocycles. The van der Waals surface area contributed by atoms with E-state index in [2.05, 4.69) is 0 Å². The molecule has 0 spiro atoms. The number of halogens is 2. The van der Waals surface area contributed by atoms with Gasteiger partial charge in [0.25, 0.3) is 0 Å². The fourth-order valence-electron chi connectivity index (χ4n) is 1.48. The highest BCUT2D eigenvalue weighted by molar-refractivity contribution is 7.99. The Morgan fingerprint density at radius 1 is 1.16 bits per heavy atom. The highest BCUT2D eigenvalue weighted by Gasteiger charge is 2.02. The molecule has 19 heavy (non-hydrogen) atoms. The summed E-state index contributed by atoms with van der Waals surface area (Å²) in [5.41, 5.74) is 6.27. The Morgan fingerprint density at radius 3 is 2.58 bits per heavy atom. The highest BCUT2D eigenvalue weighted by atomic mass is 35.5. The van der Waals surface area contributed by atoms with E-state index in [0.717, 1.165) is 10.6 Å². The smallest absolute Gasteiger partial charge is 0.123 e. The average Bonchev–Trinajstić information content (AvgIpc) is 2.39. The number of rotatable bonds is 5. The summed E-state index contributed by atoms with van der Waals surface area (Å²) in [6.45, 7) is 0.525. The van der Waals surface area contributed by atoms with Crippen molar-refractivity contribution in [2.75, 3.05) is 18.1 Å². The lowest BCUT2D eigenvalue weighted by atomic mass is 10.3. The second-order valence-electron chi connectivity index (χ2n) is 3.84. The summed E-state index contributed by atoms with van der Waals surface area (Å²) >= 11 is 7.65. The molecule has 5 heteroatoms. The minimum absolute atomic E-state index is 0.268. The van der Waals surface area contributed by atoms with Crippen LogP contribution in [-0.2, 0) is 0 Å². The van der Waals surface area contributed by atoms with Crippen LogP contribution >= 0.6 is 23.4 Å². The maximum absolute atomic E-state index is 12.7. The average molecular weight is 298 g/mol. The van der Waals surface area contributed by atoms with Crippen LogP contribution in [0.2, 0.25) is 5.02 Å². The third-order valence-electron chi connectivity index (χ3n) is 2.38. The first-order valence-corrected chi connectivity index (χ1v) is 7.08. The minimum atomic E-state index is -0.268. The third kappa shape index (κ3) is 4.33. The van der Waals surface area contributed by atoms with Gasteiger partial charge in [-0.25, -0.2) is 4.39 Å². The van der Waals surface area contributed by atoms with Crippen LogP contribution in [0, 0.1) is 5.82 Å². The fourth-order valence-corrected chi connectivity index (χ4v) is 2.58. The van der Waals surface area contributed by atoms with Crippen LogP contribution in [0.1, 0.15) is 0 Å². The summed E-state index contributed by atoms with van der Waals surface area (Å²) in [4.78, 5) is 0.971. The molecule has 0 aromatic heterocycles. The van der Waals surface area contributed by atoms with Crippen molar-refractivity contribution in [1.29, 1.82) is 0 Å². The Bertz CT molecular complexity index is 548. The van der Waals surface area contributed by atoms with Crippen molar-refractivity contribution in [1.82, 2.24) is 0 Å². The minimum Gasteiger partial charge on any atom is -0.493 e. The van der Waals surface area contributed by atoms with Crippen molar-refractivity contribution < 1.29 is 9.13 Å².